The van der Waals surface area contributed by atoms with E-state index in [1.54, 1.807) is 0 Å². The second-order valence-electron chi connectivity index (χ2n) is 4.12. The number of hydrogen-bond donors (Lipinski definition) is 1. The van der Waals surface area contributed by atoms with Gasteiger partial charge in [-0.15, -0.1) is 0 Å². The molecule has 1 N–H and O–H groups in total. The molecule has 0 aliphatic rings. The number of nitrogens with one attached hydrogen (secondary N) is 1. The molecule has 0 aromatic heterocycles. The number of carbonyl (C=O) groups is 1. The number of amides is 1. The average molecular weight is 229 g/mol. The molecule has 0 heterocycles. The van der Waals surface area contributed by atoms with Crippen molar-refractivity contribution in [2.75, 3.05) is 40.3 Å². The van der Waals surface area contributed by atoms with Gasteiger partial charge in [0.25, 0.3) is 0 Å². The minimum absolute atomic E-state index is 0.0169. The summed E-state index contributed by atoms with van der Waals surface area (Å²) in [5, 5.41) is 3.11. The molecule has 0 fully saturated rings. The maximum absolute atomic E-state index is 12.0. The summed E-state index contributed by atoms with van der Waals surface area (Å²) in [5.74, 6) is 0.233. The van der Waals surface area contributed by atoms with Crippen molar-refractivity contribution in [3.05, 3.63) is 0 Å². The van der Waals surface area contributed by atoms with Gasteiger partial charge in [0.2, 0.25) is 5.91 Å². The van der Waals surface area contributed by atoms with E-state index < -0.39 is 0 Å². The number of nitrogens with zero attached hydrogens (tertiary/aromatic N) is 2. The zero-order valence-electron chi connectivity index (χ0n) is 11.4. The van der Waals surface area contributed by atoms with Crippen LogP contribution in [0.1, 0.15) is 27.2 Å². The Morgan fingerprint density at radius 3 is 2.31 bits per heavy atom. The minimum Gasteiger partial charge on any atom is -0.342 e. The van der Waals surface area contributed by atoms with Crippen molar-refractivity contribution < 1.29 is 4.79 Å². The lowest BCUT2D eigenvalue weighted by molar-refractivity contribution is -0.135. The Balaban J connectivity index is 4.09. The Bertz CT molecular complexity index is 193. The van der Waals surface area contributed by atoms with E-state index in [1.165, 1.54) is 0 Å². The van der Waals surface area contributed by atoms with E-state index in [0.29, 0.717) is 0 Å². The van der Waals surface area contributed by atoms with Gasteiger partial charge in [-0.1, -0.05) is 0 Å². The standard InChI is InChI=1S/C12H27N3O/c1-6-15(7-2)12(16)11(3)14(5)10-8-9-13-4/h11,13H,6-10H2,1-5H3. The lowest BCUT2D eigenvalue weighted by Gasteiger charge is -2.29. The summed E-state index contributed by atoms with van der Waals surface area (Å²) in [7, 11) is 3.96. The topological polar surface area (TPSA) is 35.6 Å². The first kappa shape index (κ1) is 15.4. The van der Waals surface area contributed by atoms with Crippen LogP contribution < -0.4 is 5.32 Å². The van der Waals surface area contributed by atoms with Gasteiger partial charge < -0.3 is 10.2 Å². The van der Waals surface area contributed by atoms with Crippen molar-refractivity contribution in [3.63, 3.8) is 0 Å². The van der Waals surface area contributed by atoms with Crippen LogP contribution in [0.15, 0.2) is 0 Å². The Labute approximate surface area is 100.0 Å². The zero-order chi connectivity index (χ0) is 12.6. The largest absolute Gasteiger partial charge is 0.342 e. The van der Waals surface area contributed by atoms with E-state index in [4.69, 9.17) is 0 Å². The smallest absolute Gasteiger partial charge is 0.239 e. The molecule has 0 saturated carbocycles. The van der Waals surface area contributed by atoms with Crippen LogP contribution in [0.2, 0.25) is 0 Å². The second kappa shape index (κ2) is 8.53. The van der Waals surface area contributed by atoms with Gasteiger partial charge in [0, 0.05) is 13.1 Å². The fourth-order valence-corrected chi connectivity index (χ4v) is 1.69. The first-order chi connectivity index (χ1) is 7.58. The SMILES string of the molecule is CCN(CC)C(=O)C(C)N(C)CCCNC. The third kappa shape index (κ3) is 4.94. The molecule has 0 radical (unpaired) electrons. The zero-order valence-corrected chi connectivity index (χ0v) is 11.4. The van der Waals surface area contributed by atoms with Gasteiger partial charge in [0.1, 0.15) is 0 Å². The van der Waals surface area contributed by atoms with Crippen molar-refractivity contribution in [3.8, 4) is 0 Å². The predicted molar refractivity (Wildman–Crippen MR) is 68.6 cm³/mol. The molecule has 0 rings (SSSR count). The van der Waals surface area contributed by atoms with Crippen LogP contribution in [0.25, 0.3) is 0 Å². The molecule has 96 valence electrons. The number of likely N-dealkylation sites (N-methyl/N-ethyl adjacent to an activating group) is 2. The third-order valence-corrected chi connectivity index (χ3v) is 3.03. The first-order valence-electron chi connectivity index (χ1n) is 6.22. The molecule has 16 heavy (non-hydrogen) atoms. The number of rotatable bonds is 8. The van der Waals surface area contributed by atoms with Crippen molar-refractivity contribution in [1.82, 2.24) is 15.1 Å². The Hall–Kier alpha value is -0.610. The fourth-order valence-electron chi connectivity index (χ4n) is 1.69. The molecular formula is C12H27N3O. The van der Waals surface area contributed by atoms with Gasteiger partial charge in [-0.25, -0.2) is 0 Å². The summed E-state index contributed by atoms with van der Waals surface area (Å²) < 4.78 is 0. The van der Waals surface area contributed by atoms with Gasteiger partial charge >= 0.3 is 0 Å². The Morgan fingerprint density at radius 1 is 1.31 bits per heavy atom. The van der Waals surface area contributed by atoms with Crippen LogP contribution >= 0.6 is 0 Å². The highest BCUT2D eigenvalue weighted by Crippen LogP contribution is 2.02. The normalized spacial score (nSPS) is 12.9. The number of hydrogen-bond acceptors (Lipinski definition) is 3. The maximum atomic E-state index is 12.0. The molecule has 0 aromatic carbocycles. The van der Waals surface area contributed by atoms with Crippen LogP contribution in [0.4, 0.5) is 0 Å². The summed E-state index contributed by atoms with van der Waals surface area (Å²) in [6.07, 6.45) is 1.07. The average Bonchev–Trinajstić information content (AvgIpc) is 2.29. The quantitative estimate of drug-likeness (QED) is 0.625. The van der Waals surface area contributed by atoms with E-state index in [0.717, 1.165) is 32.6 Å². The van der Waals surface area contributed by atoms with E-state index in [-0.39, 0.29) is 11.9 Å². The van der Waals surface area contributed by atoms with Crippen LogP contribution in [0.5, 0.6) is 0 Å². The van der Waals surface area contributed by atoms with Gasteiger partial charge in [0.15, 0.2) is 0 Å². The molecule has 1 amide bonds. The molecule has 0 bridgehead atoms. The van der Waals surface area contributed by atoms with Gasteiger partial charge in [-0.3, -0.25) is 9.69 Å². The number of carbonyl (C=O) groups excluding carboxylic acids is 1. The Morgan fingerprint density at radius 2 is 1.88 bits per heavy atom. The molecular weight excluding hydrogens is 202 g/mol. The summed E-state index contributed by atoms with van der Waals surface area (Å²) in [5.41, 5.74) is 0. The molecule has 1 unspecified atom stereocenters. The monoisotopic (exact) mass is 229 g/mol. The fraction of sp³-hybridized carbons (Fsp3) is 0.917. The van der Waals surface area contributed by atoms with Crippen LogP contribution in [-0.2, 0) is 4.79 Å². The maximum Gasteiger partial charge on any atom is 0.239 e. The van der Waals surface area contributed by atoms with E-state index >= 15 is 0 Å². The van der Waals surface area contributed by atoms with Crippen LogP contribution in [0, 0.1) is 0 Å². The molecule has 0 aliphatic heterocycles. The lowest BCUT2D eigenvalue weighted by Crippen LogP contribution is -2.46. The highest BCUT2D eigenvalue weighted by atomic mass is 16.2. The van der Waals surface area contributed by atoms with Gasteiger partial charge in [-0.2, -0.15) is 0 Å². The van der Waals surface area contributed by atoms with Crippen molar-refractivity contribution in [2.24, 2.45) is 0 Å². The summed E-state index contributed by atoms with van der Waals surface area (Å²) in [6, 6.07) is -0.0169. The van der Waals surface area contributed by atoms with Crippen molar-refractivity contribution >= 4 is 5.91 Å². The van der Waals surface area contributed by atoms with Crippen LogP contribution in [0.3, 0.4) is 0 Å². The summed E-state index contributed by atoms with van der Waals surface area (Å²) in [4.78, 5) is 16.1. The summed E-state index contributed by atoms with van der Waals surface area (Å²) >= 11 is 0. The van der Waals surface area contributed by atoms with E-state index in [9.17, 15) is 4.79 Å². The van der Waals surface area contributed by atoms with Crippen molar-refractivity contribution in [1.29, 1.82) is 0 Å². The van der Waals surface area contributed by atoms with E-state index in [1.807, 2.05) is 39.8 Å². The Kier molecular flexibility index (Phi) is 8.21. The predicted octanol–water partition coefficient (Wildman–Crippen LogP) is 0.785. The molecule has 0 aromatic rings. The van der Waals surface area contributed by atoms with Crippen LogP contribution in [-0.4, -0.2) is 62.0 Å². The molecule has 1 atom stereocenters. The van der Waals surface area contributed by atoms with Crippen molar-refractivity contribution in [2.45, 2.75) is 33.2 Å². The molecule has 0 aliphatic carbocycles. The van der Waals surface area contributed by atoms with Gasteiger partial charge in [0.05, 0.1) is 6.04 Å². The second-order valence-corrected chi connectivity index (χ2v) is 4.12. The minimum atomic E-state index is -0.0169. The lowest BCUT2D eigenvalue weighted by atomic mass is 10.2. The summed E-state index contributed by atoms with van der Waals surface area (Å²) in [6.45, 7) is 9.57. The molecule has 0 saturated heterocycles. The van der Waals surface area contributed by atoms with Gasteiger partial charge in [-0.05, 0) is 54.4 Å². The first-order valence-corrected chi connectivity index (χ1v) is 6.22. The third-order valence-electron chi connectivity index (χ3n) is 3.03. The molecule has 4 heteroatoms. The highest BCUT2D eigenvalue weighted by molar-refractivity contribution is 5.81. The highest BCUT2D eigenvalue weighted by Gasteiger charge is 2.21. The van der Waals surface area contributed by atoms with E-state index in [2.05, 4.69) is 10.2 Å². The molecule has 0 spiro atoms. The molecule has 4 nitrogen and oxygen atoms in total.